The van der Waals surface area contributed by atoms with Gasteiger partial charge in [-0.15, -0.1) is 0 Å². The number of nitrogens with zero attached hydrogens (tertiary/aromatic N) is 2. The lowest BCUT2D eigenvalue weighted by atomic mass is 10.1. The number of hydrogen-bond donors (Lipinski definition) is 2. The minimum atomic E-state index is -0.300. The number of aliphatic imine (C=N–C) groups is 1. The Labute approximate surface area is 174 Å². The summed E-state index contributed by atoms with van der Waals surface area (Å²) in [4.78, 5) is 21.6. The van der Waals surface area contributed by atoms with Gasteiger partial charge >= 0.3 is 0 Å². The summed E-state index contributed by atoms with van der Waals surface area (Å²) < 4.78 is 10.7. The number of anilines is 1. The van der Waals surface area contributed by atoms with Gasteiger partial charge in [0, 0.05) is 17.4 Å². The molecule has 1 aliphatic rings. The molecule has 0 unspecified atom stereocenters. The normalized spacial score (nSPS) is 12.5. The van der Waals surface area contributed by atoms with Crippen LogP contribution in [0.15, 0.2) is 71.9 Å². The van der Waals surface area contributed by atoms with E-state index in [4.69, 9.17) is 9.47 Å². The SMILES string of the molecule is CCc1ccc(NC(=NCc2ccccn2)NC(=O)c2ccc3c(c2)OCO3)cc1. The van der Waals surface area contributed by atoms with Gasteiger partial charge < -0.3 is 14.8 Å². The fourth-order valence-electron chi connectivity index (χ4n) is 2.94. The van der Waals surface area contributed by atoms with Crippen molar-refractivity contribution in [2.45, 2.75) is 19.9 Å². The van der Waals surface area contributed by atoms with Crippen molar-refractivity contribution in [2.75, 3.05) is 12.1 Å². The molecule has 0 fully saturated rings. The van der Waals surface area contributed by atoms with Crippen molar-refractivity contribution in [1.82, 2.24) is 10.3 Å². The Kier molecular flexibility index (Phi) is 5.89. The van der Waals surface area contributed by atoms with Crippen LogP contribution in [0.3, 0.4) is 0 Å². The number of carbonyl (C=O) groups excluding carboxylic acids is 1. The summed E-state index contributed by atoms with van der Waals surface area (Å²) in [6.07, 6.45) is 2.67. The van der Waals surface area contributed by atoms with Crippen LogP contribution < -0.4 is 20.1 Å². The number of aryl methyl sites for hydroxylation is 1. The van der Waals surface area contributed by atoms with Gasteiger partial charge in [-0.3, -0.25) is 15.1 Å². The van der Waals surface area contributed by atoms with Crippen LogP contribution >= 0.6 is 0 Å². The van der Waals surface area contributed by atoms with Crippen LogP contribution in [0.5, 0.6) is 11.5 Å². The van der Waals surface area contributed by atoms with Crippen LogP contribution in [0, 0.1) is 0 Å². The van der Waals surface area contributed by atoms with Crippen molar-refractivity contribution in [2.24, 2.45) is 4.99 Å². The molecule has 2 aromatic carbocycles. The van der Waals surface area contributed by atoms with Crippen molar-refractivity contribution < 1.29 is 14.3 Å². The van der Waals surface area contributed by atoms with Crippen LogP contribution in [-0.4, -0.2) is 23.6 Å². The number of hydrogen-bond acceptors (Lipinski definition) is 5. The number of nitrogens with one attached hydrogen (secondary N) is 2. The lowest BCUT2D eigenvalue weighted by Gasteiger charge is -2.12. The van der Waals surface area contributed by atoms with Gasteiger partial charge in [-0.05, 0) is 54.4 Å². The fraction of sp³-hybridized carbons (Fsp3) is 0.174. The first-order valence-electron chi connectivity index (χ1n) is 9.72. The molecule has 2 N–H and O–H groups in total. The molecule has 152 valence electrons. The molecule has 7 heteroatoms. The minimum absolute atomic E-state index is 0.159. The molecule has 1 amide bonds. The highest BCUT2D eigenvalue weighted by molar-refractivity contribution is 6.10. The molecule has 3 aromatic rings. The Morgan fingerprint density at radius 3 is 2.67 bits per heavy atom. The van der Waals surface area contributed by atoms with Gasteiger partial charge in [0.25, 0.3) is 5.91 Å². The molecule has 0 atom stereocenters. The third kappa shape index (κ3) is 4.75. The van der Waals surface area contributed by atoms with E-state index in [1.54, 1.807) is 24.4 Å². The second kappa shape index (κ2) is 9.09. The van der Waals surface area contributed by atoms with Crippen molar-refractivity contribution in [1.29, 1.82) is 0 Å². The molecular weight excluding hydrogens is 380 g/mol. The molecule has 0 aliphatic carbocycles. The quantitative estimate of drug-likeness (QED) is 0.501. The van der Waals surface area contributed by atoms with Crippen LogP contribution in [0.2, 0.25) is 0 Å². The van der Waals surface area contributed by atoms with Crippen molar-refractivity contribution >= 4 is 17.6 Å². The van der Waals surface area contributed by atoms with E-state index < -0.39 is 0 Å². The Morgan fingerprint density at radius 1 is 1.07 bits per heavy atom. The monoisotopic (exact) mass is 402 g/mol. The second-order valence-corrected chi connectivity index (χ2v) is 6.68. The van der Waals surface area contributed by atoms with E-state index in [1.807, 2.05) is 42.5 Å². The number of rotatable bonds is 5. The Morgan fingerprint density at radius 2 is 1.90 bits per heavy atom. The molecule has 4 rings (SSSR count). The number of fused-ring (bicyclic) bond motifs is 1. The fourth-order valence-corrected chi connectivity index (χ4v) is 2.94. The van der Waals surface area contributed by atoms with Crippen molar-refractivity contribution in [3.63, 3.8) is 0 Å². The number of ether oxygens (including phenoxy) is 2. The van der Waals surface area contributed by atoms with Crippen molar-refractivity contribution in [3.8, 4) is 11.5 Å². The van der Waals surface area contributed by atoms with E-state index in [2.05, 4.69) is 27.5 Å². The lowest BCUT2D eigenvalue weighted by Crippen LogP contribution is -2.36. The Bertz CT molecular complexity index is 1050. The van der Waals surface area contributed by atoms with E-state index in [-0.39, 0.29) is 12.7 Å². The molecule has 0 saturated carbocycles. The summed E-state index contributed by atoms with van der Waals surface area (Å²) in [6, 6.07) is 18.7. The average Bonchev–Trinajstić information content (AvgIpc) is 3.26. The van der Waals surface area contributed by atoms with Crippen LogP contribution in [-0.2, 0) is 13.0 Å². The number of aromatic nitrogens is 1. The smallest absolute Gasteiger partial charge is 0.258 e. The predicted octanol–water partition coefficient (Wildman–Crippen LogP) is 3.77. The highest BCUT2D eigenvalue weighted by atomic mass is 16.7. The largest absolute Gasteiger partial charge is 0.454 e. The summed E-state index contributed by atoms with van der Waals surface area (Å²) >= 11 is 0. The molecule has 7 nitrogen and oxygen atoms in total. The third-order valence-corrected chi connectivity index (χ3v) is 4.62. The molecule has 0 bridgehead atoms. The van der Waals surface area contributed by atoms with Gasteiger partial charge in [0.15, 0.2) is 11.5 Å². The number of guanidine groups is 1. The zero-order valence-corrected chi connectivity index (χ0v) is 16.6. The zero-order chi connectivity index (χ0) is 20.8. The van der Waals surface area contributed by atoms with Gasteiger partial charge in [0.05, 0.1) is 12.2 Å². The summed E-state index contributed by atoms with van der Waals surface area (Å²) in [5.41, 5.74) is 3.32. The average molecular weight is 402 g/mol. The van der Waals surface area contributed by atoms with Gasteiger partial charge in [-0.25, -0.2) is 4.99 Å². The van der Waals surface area contributed by atoms with Crippen LogP contribution in [0.25, 0.3) is 0 Å². The first-order chi connectivity index (χ1) is 14.7. The summed E-state index contributed by atoms with van der Waals surface area (Å²) in [7, 11) is 0. The highest BCUT2D eigenvalue weighted by Gasteiger charge is 2.17. The maximum absolute atomic E-state index is 12.8. The van der Waals surface area contributed by atoms with Crippen molar-refractivity contribution in [3.05, 3.63) is 83.7 Å². The summed E-state index contributed by atoms with van der Waals surface area (Å²) in [6.45, 7) is 2.60. The molecular formula is C23H22N4O3. The lowest BCUT2D eigenvalue weighted by molar-refractivity contribution is 0.0976. The molecule has 2 heterocycles. The number of pyridine rings is 1. The van der Waals surface area contributed by atoms with Gasteiger partial charge in [-0.1, -0.05) is 25.1 Å². The van der Waals surface area contributed by atoms with Gasteiger partial charge in [-0.2, -0.15) is 0 Å². The highest BCUT2D eigenvalue weighted by Crippen LogP contribution is 2.32. The first kappa shape index (κ1) is 19.4. The number of carbonyl (C=O) groups is 1. The molecule has 1 aromatic heterocycles. The molecule has 1 aliphatic heterocycles. The second-order valence-electron chi connectivity index (χ2n) is 6.68. The maximum Gasteiger partial charge on any atom is 0.258 e. The maximum atomic E-state index is 12.8. The zero-order valence-electron chi connectivity index (χ0n) is 16.6. The van der Waals surface area contributed by atoms with E-state index in [9.17, 15) is 4.79 Å². The Balaban J connectivity index is 1.53. The first-order valence-corrected chi connectivity index (χ1v) is 9.72. The summed E-state index contributed by atoms with van der Waals surface area (Å²) in [5.74, 6) is 1.22. The Hall–Kier alpha value is -3.87. The van der Waals surface area contributed by atoms with E-state index >= 15 is 0 Å². The number of amides is 1. The van der Waals surface area contributed by atoms with E-state index in [1.165, 1.54) is 5.56 Å². The third-order valence-electron chi connectivity index (χ3n) is 4.62. The van der Waals surface area contributed by atoms with Crippen LogP contribution in [0.4, 0.5) is 5.69 Å². The molecule has 0 spiro atoms. The topological polar surface area (TPSA) is 84.8 Å². The van der Waals surface area contributed by atoms with Crippen LogP contribution in [0.1, 0.15) is 28.5 Å². The van der Waals surface area contributed by atoms with Gasteiger partial charge in [0.2, 0.25) is 12.8 Å². The minimum Gasteiger partial charge on any atom is -0.454 e. The molecule has 0 radical (unpaired) electrons. The predicted molar refractivity (Wildman–Crippen MR) is 115 cm³/mol. The standard InChI is InChI=1S/C23H22N4O3/c1-2-16-6-9-18(10-7-16)26-23(25-14-19-5-3-4-12-24-19)27-22(28)17-8-11-20-21(13-17)30-15-29-20/h3-13H,2,14-15H2,1H3,(H2,25,26,27,28). The van der Waals surface area contributed by atoms with Gasteiger partial charge in [0.1, 0.15) is 0 Å². The van der Waals surface area contributed by atoms with E-state index in [0.29, 0.717) is 29.6 Å². The summed E-state index contributed by atoms with van der Waals surface area (Å²) in [5, 5.41) is 6.04. The number of benzene rings is 2. The molecule has 0 saturated heterocycles. The molecule has 30 heavy (non-hydrogen) atoms. The van der Waals surface area contributed by atoms with E-state index in [0.717, 1.165) is 17.8 Å².